The summed E-state index contributed by atoms with van der Waals surface area (Å²) < 4.78 is 12.7. The molecule has 0 aliphatic carbocycles. The van der Waals surface area contributed by atoms with E-state index in [0.29, 0.717) is 11.9 Å². The Balaban J connectivity index is 2.11. The van der Waals surface area contributed by atoms with Crippen molar-refractivity contribution in [3.63, 3.8) is 0 Å². The van der Waals surface area contributed by atoms with Crippen molar-refractivity contribution in [1.29, 1.82) is 0 Å². The molecule has 0 heterocycles. The van der Waals surface area contributed by atoms with Crippen LogP contribution in [0.5, 0.6) is 0 Å². The molecule has 86 valence electrons. The normalized spacial score (nSPS) is 10.3. The largest absolute Gasteiger partial charge is 0.488 e. The van der Waals surface area contributed by atoms with E-state index < -0.39 is 7.12 Å². The molecule has 2 aromatic rings. The second-order valence-corrected chi connectivity index (χ2v) is 3.92. The van der Waals surface area contributed by atoms with Gasteiger partial charge >= 0.3 is 7.12 Å². The van der Waals surface area contributed by atoms with Crippen LogP contribution in [-0.2, 0) is 6.42 Å². The molecule has 4 heteroatoms. The first kappa shape index (κ1) is 11.8. The predicted molar refractivity (Wildman–Crippen MR) is 65.5 cm³/mol. The highest BCUT2D eigenvalue weighted by Gasteiger charge is 2.09. The van der Waals surface area contributed by atoms with Crippen LogP contribution in [0.1, 0.15) is 11.1 Å². The molecular formula is C13H12BFO2. The monoisotopic (exact) mass is 230 g/mol. The molecule has 0 aliphatic heterocycles. The van der Waals surface area contributed by atoms with Gasteiger partial charge < -0.3 is 10.0 Å². The van der Waals surface area contributed by atoms with Gasteiger partial charge in [0.2, 0.25) is 0 Å². The minimum Gasteiger partial charge on any atom is -0.423 e. The SMILES string of the molecule is OB(O)c1ccc(Cc2ccc(F)cc2)cc1. The molecule has 0 spiro atoms. The molecule has 17 heavy (non-hydrogen) atoms. The van der Waals surface area contributed by atoms with Gasteiger partial charge in [-0.15, -0.1) is 0 Å². The zero-order valence-electron chi connectivity index (χ0n) is 9.18. The average Bonchev–Trinajstić information content (AvgIpc) is 2.33. The zero-order chi connectivity index (χ0) is 12.3. The first-order chi connectivity index (χ1) is 8.15. The standard InChI is InChI=1S/C13H12BFO2/c15-13-7-3-11(4-8-13)9-10-1-5-12(6-2-10)14(16)17/h1-8,16-17H,9H2. The molecule has 0 saturated heterocycles. The van der Waals surface area contributed by atoms with Gasteiger partial charge in [0, 0.05) is 0 Å². The van der Waals surface area contributed by atoms with E-state index in [9.17, 15) is 4.39 Å². The predicted octanol–water partition coefficient (Wildman–Crippen LogP) is 1.10. The number of hydrogen-bond donors (Lipinski definition) is 2. The molecule has 0 aliphatic rings. The zero-order valence-corrected chi connectivity index (χ0v) is 9.18. The van der Waals surface area contributed by atoms with Gasteiger partial charge in [-0.1, -0.05) is 36.4 Å². The third-order valence-electron chi connectivity index (χ3n) is 2.60. The topological polar surface area (TPSA) is 40.5 Å². The third-order valence-corrected chi connectivity index (χ3v) is 2.60. The number of rotatable bonds is 3. The van der Waals surface area contributed by atoms with Gasteiger partial charge in [-0.2, -0.15) is 0 Å². The third kappa shape index (κ3) is 3.15. The molecule has 0 radical (unpaired) electrons. The molecule has 2 N–H and O–H groups in total. The van der Waals surface area contributed by atoms with E-state index in [-0.39, 0.29) is 5.82 Å². The van der Waals surface area contributed by atoms with Gasteiger partial charge in [0.1, 0.15) is 5.82 Å². The van der Waals surface area contributed by atoms with Crippen molar-refractivity contribution in [3.8, 4) is 0 Å². The number of benzene rings is 2. The smallest absolute Gasteiger partial charge is 0.423 e. The fourth-order valence-corrected chi connectivity index (χ4v) is 1.65. The number of hydrogen-bond acceptors (Lipinski definition) is 2. The lowest BCUT2D eigenvalue weighted by atomic mass is 9.80. The molecule has 2 aromatic carbocycles. The number of halogens is 1. The van der Waals surface area contributed by atoms with Crippen LogP contribution in [0.4, 0.5) is 4.39 Å². The quantitative estimate of drug-likeness (QED) is 0.775. The van der Waals surface area contributed by atoms with Gasteiger partial charge in [-0.3, -0.25) is 0 Å². The first-order valence-corrected chi connectivity index (χ1v) is 5.34. The fourth-order valence-electron chi connectivity index (χ4n) is 1.65. The highest BCUT2D eigenvalue weighted by molar-refractivity contribution is 6.58. The van der Waals surface area contributed by atoms with Crippen LogP contribution in [0.15, 0.2) is 48.5 Å². The van der Waals surface area contributed by atoms with Crippen LogP contribution in [-0.4, -0.2) is 17.2 Å². The maximum absolute atomic E-state index is 12.7. The summed E-state index contributed by atoms with van der Waals surface area (Å²) in [4.78, 5) is 0. The van der Waals surface area contributed by atoms with Crippen molar-refractivity contribution < 1.29 is 14.4 Å². The lowest BCUT2D eigenvalue weighted by Gasteiger charge is -2.04. The van der Waals surface area contributed by atoms with Gasteiger partial charge in [-0.25, -0.2) is 4.39 Å². The van der Waals surface area contributed by atoms with Crippen molar-refractivity contribution >= 4 is 12.6 Å². The Labute approximate surface area is 99.5 Å². The van der Waals surface area contributed by atoms with Crippen molar-refractivity contribution in [2.75, 3.05) is 0 Å². The first-order valence-electron chi connectivity index (χ1n) is 5.34. The van der Waals surface area contributed by atoms with Crippen LogP contribution in [0.3, 0.4) is 0 Å². The minimum atomic E-state index is -1.44. The minimum absolute atomic E-state index is 0.243. The summed E-state index contributed by atoms with van der Waals surface area (Å²) in [5.74, 6) is -0.243. The van der Waals surface area contributed by atoms with E-state index in [1.807, 2.05) is 12.1 Å². The van der Waals surface area contributed by atoms with Crippen LogP contribution < -0.4 is 5.46 Å². The highest BCUT2D eigenvalue weighted by atomic mass is 19.1. The molecule has 0 saturated carbocycles. The maximum Gasteiger partial charge on any atom is 0.488 e. The Bertz CT molecular complexity index is 480. The summed E-state index contributed by atoms with van der Waals surface area (Å²) in [6.07, 6.45) is 0.697. The van der Waals surface area contributed by atoms with E-state index >= 15 is 0 Å². The summed E-state index contributed by atoms with van der Waals surface area (Å²) in [7, 11) is -1.44. The second kappa shape index (κ2) is 5.12. The van der Waals surface area contributed by atoms with E-state index in [2.05, 4.69) is 0 Å². The molecule has 0 aromatic heterocycles. The Morgan fingerprint density at radius 1 is 0.824 bits per heavy atom. The second-order valence-electron chi connectivity index (χ2n) is 3.92. The summed E-state index contributed by atoms with van der Waals surface area (Å²) in [6, 6.07) is 13.3. The fraction of sp³-hybridized carbons (Fsp3) is 0.0769. The summed E-state index contributed by atoms with van der Waals surface area (Å²) in [6.45, 7) is 0. The molecule has 2 nitrogen and oxygen atoms in total. The van der Waals surface area contributed by atoms with Crippen molar-refractivity contribution in [2.45, 2.75) is 6.42 Å². The van der Waals surface area contributed by atoms with Gasteiger partial charge in [0.05, 0.1) is 0 Å². The summed E-state index contributed by atoms with van der Waals surface area (Å²) in [5, 5.41) is 17.9. The van der Waals surface area contributed by atoms with Crippen molar-refractivity contribution in [2.24, 2.45) is 0 Å². The maximum atomic E-state index is 12.7. The molecule has 0 amide bonds. The molecule has 0 atom stereocenters. The van der Waals surface area contributed by atoms with E-state index in [0.717, 1.165) is 11.1 Å². The van der Waals surface area contributed by atoms with Crippen molar-refractivity contribution in [3.05, 3.63) is 65.5 Å². The summed E-state index contributed by atoms with van der Waals surface area (Å²) >= 11 is 0. The van der Waals surface area contributed by atoms with Gasteiger partial charge in [0.15, 0.2) is 0 Å². The molecule has 2 rings (SSSR count). The van der Waals surface area contributed by atoms with Crippen LogP contribution in [0, 0.1) is 5.82 Å². The van der Waals surface area contributed by atoms with Crippen molar-refractivity contribution in [1.82, 2.24) is 0 Å². The molecular weight excluding hydrogens is 218 g/mol. The summed E-state index contributed by atoms with van der Waals surface area (Å²) in [5.41, 5.74) is 2.53. The van der Waals surface area contributed by atoms with Crippen LogP contribution in [0.2, 0.25) is 0 Å². The molecule has 0 fully saturated rings. The Morgan fingerprint density at radius 2 is 1.29 bits per heavy atom. The van der Waals surface area contributed by atoms with E-state index in [1.54, 1.807) is 24.3 Å². The van der Waals surface area contributed by atoms with Crippen LogP contribution in [0.25, 0.3) is 0 Å². The van der Waals surface area contributed by atoms with Crippen LogP contribution >= 0.6 is 0 Å². The highest BCUT2D eigenvalue weighted by Crippen LogP contribution is 2.09. The lowest BCUT2D eigenvalue weighted by molar-refractivity contribution is 0.426. The lowest BCUT2D eigenvalue weighted by Crippen LogP contribution is -2.29. The van der Waals surface area contributed by atoms with E-state index in [1.165, 1.54) is 12.1 Å². The average molecular weight is 230 g/mol. The Hall–Kier alpha value is -1.65. The van der Waals surface area contributed by atoms with Gasteiger partial charge in [0.25, 0.3) is 0 Å². The molecule has 0 bridgehead atoms. The van der Waals surface area contributed by atoms with E-state index in [4.69, 9.17) is 10.0 Å². The Kier molecular flexibility index (Phi) is 3.56. The Morgan fingerprint density at radius 3 is 1.76 bits per heavy atom. The van der Waals surface area contributed by atoms with Gasteiger partial charge in [-0.05, 0) is 35.1 Å². The molecule has 0 unspecified atom stereocenters.